The number of halogens is 3. The smallest absolute Gasteiger partial charge is 0.338 e. The van der Waals surface area contributed by atoms with Crippen molar-refractivity contribution in [2.24, 2.45) is 0 Å². The van der Waals surface area contributed by atoms with Crippen molar-refractivity contribution in [3.8, 4) is 22.6 Å². The van der Waals surface area contributed by atoms with Gasteiger partial charge in [0.05, 0.1) is 0 Å². The minimum absolute atomic E-state index is 0.0224. The fourth-order valence-corrected chi connectivity index (χ4v) is 2.20. The third-order valence-electron chi connectivity index (χ3n) is 3.81. The third kappa shape index (κ3) is 7.13. The Bertz CT molecular complexity index is 1150. The maximum absolute atomic E-state index is 14.5. The van der Waals surface area contributed by atoms with Gasteiger partial charge >= 0.3 is 11.9 Å². The lowest BCUT2D eigenvalue weighted by molar-refractivity contribution is -0.134. The first-order chi connectivity index (χ1) is 15.6. The highest BCUT2D eigenvalue weighted by Gasteiger charge is 2.16. The summed E-state index contributed by atoms with van der Waals surface area (Å²) in [6.45, 7) is 9.68. The normalized spacial score (nSPS) is 10.8. The van der Waals surface area contributed by atoms with Gasteiger partial charge in [0.15, 0.2) is 11.6 Å². The Hall–Kier alpha value is -4.27. The molecule has 33 heavy (non-hydrogen) atoms. The lowest BCUT2D eigenvalue weighted by Gasteiger charge is -2.10. The Labute approximate surface area is 187 Å². The van der Waals surface area contributed by atoms with E-state index >= 15 is 0 Å². The number of carbonyl (C=O) groups is 2. The summed E-state index contributed by atoms with van der Waals surface area (Å²) < 4.78 is 62.6. The number of rotatable bonds is 9. The molecule has 0 unspecified atom stereocenters. The number of hydrogen-bond donors (Lipinski definition) is 0. The fraction of sp³-hybridized carbons (Fsp3) is 0.0833. The molecule has 2 aromatic carbocycles. The molecule has 2 rings (SSSR count). The molecular formula is C24H19F3O6. The van der Waals surface area contributed by atoms with Crippen LogP contribution in [0.2, 0.25) is 0 Å². The van der Waals surface area contributed by atoms with Gasteiger partial charge in [-0.05, 0) is 32.0 Å². The molecule has 0 aliphatic heterocycles. The highest BCUT2D eigenvalue weighted by atomic mass is 19.1. The first kappa shape index (κ1) is 25.0. The number of hydrogen-bond acceptors (Lipinski definition) is 6. The maximum Gasteiger partial charge on any atom is 0.338 e. The van der Waals surface area contributed by atoms with Gasteiger partial charge in [-0.15, -0.1) is 0 Å². The Morgan fingerprint density at radius 2 is 1.27 bits per heavy atom. The summed E-state index contributed by atoms with van der Waals surface area (Å²) in [6, 6.07) is 4.92. The number of ether oxygens (including phenoxy) is 4. The van der Waals surface area contributed by atoms with E-state index in [1.165, 1.54) is 26.0 Å². The summed E-state index contributed by atoms with van der Waals surface area (Å²) in [6.07, 6.45) is 3.63. The summed E-state index contributed by atoms with van der Waals surface area (Å²) in [4.78, 5) is 22.5. The molecule has 9 heteroatoms. The largest absolute Gasteiger partial charge is 0.462 e. The topological polar surface area (TPSA) is 71.1 Å². The van der Waals surface area contributed by atoms with Crippen LogP contribution in [0.25, 0.3) is 11.1 Å². The van der Waals surface area contributed by atoms with Crippen molar-refractivity contribution in [3.63, 3.8) is 0 Å². The molecule has 0 N–H and O–H groups in total. The predicted octanol–water partition coefficient (Wildman–Crippen LogP) is 5.71. The average Bonchev–Trinajstić information content (AvgIpc) is 2.76. The maximum atomic E-state index is 14.5. The van der Waals surface area contributed by atoms with Crippen molar-refractivity contribution >= 4 is 11.9 Å². The second-order valence-electron chi connectivity index (χ2n) is 6.56. The Balaban J connectivity index is 2.11. The highest BCUT2D eigenvalue weighted by Crippen LogP contribution is 2.32. The lowest BCUT2D eigenvalue weighted by atomic mass is 10.0. The van der Waals surface area contributed by atoms with Crippen LogP contribution in [0.1, 0.15) is 13.8 Å². The summed E-state index contributed by atoms with van der Waals surface area (Å²) in [5.41, 5.74) is -0.258. The molecule has 0 atom stereocenters. The molecule has 0 radical (unpaired) electrons. The second kappa shape index (κ2) is 11.4. The monoisotopic (exact) mass is 460 g/mol. The molecule has 0 saturated carbocycles. The van der Waals surface area contributed by atoms with Crippen molar-refractivity contribution < 1.29 is 41.7 Å². The first-order valence-electron chi connectivity index (χ1n) is 9.25. The molecule has 0 spiro atoms. The minimum atomic E-state index is -0.982. The van der Waals surface area contributed by atoms with E-state index in [0.29, 0.717) is 0 Å². The van der Waals surface area contributed by atoms with Gasteiger partial charge in [0.25, 0.3) is 0 Å². The molecule has 0 bridgehead atoms. The summed E-state index contributed by atoms with van der Waals surface area (Å²) in [5.74, 6) is -4.70. The molecule has 172 valence electrons. The molecule has 6 nitrogen and oxygen atoms in total. The Morgan fingerprint density at radius 1 is 0.727 bits per heavy atom. The Kier molecular flexibility index (Phi) is 8.62. The molecule has 0 saturated heterocycles. The van der Waals surface area contributed by atoms with Crippen LogP contribution >= 0.6 is 0 Å². The summed E-state index contributed by atoms with van der Waals surface area (Å²) >= 11 is 0. The van der Waals surface area contributed by atoms with Gasteiger partial charge in [0, 0.05) is 34.4 Å². The van der Waals surface area contributed by atoms with Crippen LogP contribution < -0.4 is 9.47 Å². The van der Waals surface area contributed by atoms with Crippen molar-refractivity contribution in [1.82, 2.24) is 0 Å². The predicted molar refractivity (Wildman–Crippen MR) is 113 cm³/mol. The Morgan fingerprint density at radius 3 is 1.82 bits per heavy atom. The van der Waals surface area contributed by atoms with Crippen molar-refractivity contribution in [3.05, 3.63) is 97.1 Å². The summed E-state index contributed by atoms with van der Waals surface area (Å²) in [7, 11) is 0. The van der Waals surface area contributed by atoms with Crippen molar-refractivity contribution in [2.75, 3.05) is 0 Å². The van der Waals surface area contributed by atoms with Crippen LogP contribution in [0.15, 0.2) is 79.7 Å². The van der Waals surface area contributed by atoms with Crippen molar-refractivity contribution in [1.29, 1.82) is 0 Å². The molecule has 0 amide bonds. The zero-order valence-electron chi connectivity index (χ0n) is 17.7. The van der Waals surface area contributed by atoms with Gasteiger partial charge < -0.3 is 18.9 Å². The standard InChI is InChI=1S/C24H19F3O6/c1-14(2)23(28)32-9-7-30-16-5-6-17(19(25)11-16)18-12-21(27)22(13-20(18)26)31-8-10-33-24(29)15(3)4/h5-13H,1,3H2,2,4H3. The van der Waals surface area contributed by atoms with E-state index in [2.05, 4.69) is 22.6 Å². The van der Waals surface area contributed by atoms with Gasteiger partial charge in [0.1, 0.15) is 42.4 Å². The second-order valence-corrected chi connectivity index (χ2v) is 6.56. The third-order valence-corrected chi connectivity index (χ3v) is 3.81. The van der Waals surface area contributed by atoms with Gasteiger partial charge in [-0.2, -0.15) is 0 Å². The van der Waals surface area contributed by atoms with Gasteiger partial charge in [-0.3, -0.25) is 0 Å². The van der Waals surface area contributed by atoms with E-state index < -0.39 is 35.1 Å². The van der Waals surface area contributed by atoms with Crippen LogP contribution in [0, 0.1) is 17.5 Å². The molecule has 0 aromatic heterocycles. The number of carbonyl (C=O) groups excluding carboxylic acids is 2. The zero-order chi connectivity index (χ0) is 24.5. The van der Waals surface area contributed by atoms with Crippen LogP contribution in [-0.4, -0.2) is 11.9 Å². The van der Waals surface area contributed by atoms with E-state index in [9.17, 15) is 22.8 Å². The minimum Gasteiger partial charge on any atom is -0.462 e. The molecule has 2 aromatic rings. The summed E-state index contributed by atoms with van der Waals surface area (Å²) in [5, 5.41) is 0. The molecule has 0 aliphatic carbocycles. The molecule has 0 aliphatic rings. The van der Waals surface area contributed by atoms with Crippen LogP contribution in [0.5, 0.6) is 11.5 Å². The van der Waals surface area contributed by atoms with Gasteiger partial charge in [0.2, 0.25) is 0 Å². The quantitative estimate of drug-likeness (QED) is 0.271. The van der Waals surface area contributed by atoms with E-state index in [4.69, 9.17) is 9.47 Å². The van der Waals surface area contributed by atoms with E-state index in [1.807, 2.05) is 0 Å². The van der Waals surface area contributed by atoms with Gasteiger partial charge in [-0.1, -0.05) is 13.2 Å². The van der Waals surface area contributed by atoms with Crippen LogP contribution in [-0.2, 0) is 19.1 Å². The van der Waals surface area contributed by atoms with E-state index in [0.717, 1.165) is 43.2 Å². The van der Waals surface area contributed by atoms with E-state index in [-0.39, 0.29) is 28.0 Å². The fourth-order valence-electron chi connectivity index (χ4n) is 2.20. The number of esters is 2. The average molecular weight is 460 g/mol. The van der Waals surface area contributed by atoms with E-state index in [1.54, 1.807) is 0 Å². The van der Waals surface area contributed by atoms with Gasteiger partial charge in [-0.25, -0.2) is 22.8 Å². The first-order valence-corrected chi connectivity index (χ1v) is 9.25. The van der Waals surface area contributed by atoms with Crippen molar-refractivity contribution in [2.45, 2.75) is 13.8 Å². The molecule has 0 fully saturated rings. The number of benzene rings is 2. The van der Waals surface area contributed by atoms with Crippen LogP contribution in [0.4, 0.5) is 13.2 Å². The SMILES string of the molecule is C=C(C)C(=O)OC=COc1ccc(-c2cc(F)c(OC=COC(=O)C(=C)C)cc2F)c(F)c1. The molecule has 0 heterocycles. The zero-order valence-corrected chi connectivity index (χ0v) is 17.7. The van der Waals surface area contributed by atoms with Crippen LogP contribution in [0.3, 0.4) is 0 Å². The lowest BCUT2D eigenvalue weighted by Crippen LogP contribution is -2.00. The molecular weight excluding hydrogens is 441 g/mol. The highest BCUT2D eigenvalue weighted by molar-refractivity contribution is 5.87.